The van der Waals surface area contributed by atoms with Crippen LogP contribution in [-0.2, 0) is 14.8 Å². The first-order chi connectivity index (χ1) is 10.2. The Morgan fingerprint density at radius 3 is 2.59 bits per heavy atom. The van der Waals surface area contributed by atoms with Gasteiger partial charge >= 0.3 is 0 Å². The van der Waals surface area contributed by atoms with Gasteiger partial charge in [-0.05, 0) is 31.6 Å². The molecule has 22 heavy (non-hydrogen) atoms. The van der Waals surface area contributed by atoms with Gasteiger partial charge in [-0.15, -0.1) is 0 Å². The van der Waals surface area contributed by atoms with E-state index < -0.39 is 15.6 Å². The van der Waals surface area contributed by atoms with E-state index in [0.717, 1.165) is 18.7 Å². The molecule has 0 bridgehead atoms. The molecule has 0 unspecified atom stereocenters. The monoisotopic (exact) mass is 327 g/mol. The lowest BCUT2D eigenvalue weighted by Crippen LogP contribution is -2.45. The van der Waals surface area contributed by atoms with E-state index in [2.05, 4.69) is 4.99 Å². The summed E-state index contributed by atoms with van der Waals surface area (Å²) in [4.78, 5) is 19.0. The summed E-state index contributed by atoms with van der Waals surface area (Å²) in [5.74, 6) is 1.36. The van der Waals surface area contributed by atoms with Crippen LogP contribution in [0.2, 0.25) is 0 Å². The van der Waals surface area contributed by atoms with Crippen LogP contribution >= 0.6 is 0 Å². The van der Waals surface area contributed by atoms with Gasteiger partial charge in [-0.25, -0.2) is 12.7 Å². The van der Waals surface area contributed by atoms with Gasteiger partial charge < -0.3 is 4.90 Å². The summed E-state index contributed by atoms with van der Waals surface area (Å²) < 4.78 is 26.6. The number of nitrogens with zero attached hydrogens (tertiary/aromatic N) is 3. The third kappa shape index (κ3) is 2.21. The van der Waals surface area contributed by atoms with Gasteiger partial charge in [0.2, 0.25) is 10.0 Å². The lowest BCUT2D eigenvalue weighted by Gasteiger charge is -2.27. The van der Waals surface area contributed by atoms with Crippen LogP contribution in [0.1, 0.15) is 33.6 Å². The van der Waals surface area contributed by atoms with Gasteiger partial charge in [-0.1, -0.05) is 13.8 Å². The molecule has 2 heterocycles. The fourth-order valence-electron chi connectivity index (χ4n) is 4.26. The molecule has 0 radical (unpaired) electrons. The predicted molar refractivity (Wildman–Crippen MR) is 85.0 cm³/mol. The number of fused-ring (bicyclic) bond motifs is 2. The van der Waals surface area contributed by atoms with Crippen LogP contribution in [0.4, 0.5) is 0 Å². The van der Waals surface area contributed by atoms with E-state index in [-0.39, 0.29) is 29.4 Å². The first kappa shape index (κ1) is 15.9. The summed E-state index contributed by atoms with van der Waals surface area (Å²) in [7, 11) is -1.48. The second-order valence-electron chi connectivity index (χ2n) is 7.34. The lowest BCUT2D eigenvalue weighted by atomic mass is 9.85. The maximum absolute atomic E-state index is 12.7. The maximum atomic E-state index is 12.7. The second kappa shape index (κ2) is 5.03. The number of hydrogen-bond acceptors (Lipinski definition) is 4. The predicted octanol–water partition coefficient (Wildman–Crippen LogP) is 0.943. The van der Waals surface area contributed by atoms with Crippen molar-refractivity contribution in [1.82, 2.24) is 9.21 Å². The Labute approximate surface area is 132 Å². The highest BCUT2D eigenvalue weighted by atomic mass is 32.2. The van der Waals surface area contributed by atoms with Crippen molar-refractivity contribution in [3.8, 4) is 0 Å². The van der Waals surface area contributed by atoms with E-state index in [1.54, 1.807) is 16.3 Å². The molecule has 0 aromatic rings. The van der Waals surface area contributed by atoms with E-state index in [4.69, 9.17) is 0 Å². The Balaban J connectivity index is 1.85. The highest BCUT2D eigenvalue weighted by molar-refractivity contribution is 7.89. The van der Waals surface area contributed by atoms with E-state index >= 15 is 0 Å². The van der Waals surface area contributed by atoms with Crippen LogP contribution in [-0.4, -0.2) is 60.8 Å². The van der Waals surface area contributed by atoms with Gasteiger partial charge in [-0.3, -0.25) is 9.79 Å². The Morgan fingerprint density at radius 2 is 2.05 bits per heavy atom. The minimum atomic E-state index is -3.23. The molecule has 2 aliphatic heterocycles. The maximum Gasteiger partial charge on any atom is 0.255 e. The molecule has 1 spiro atoms. The zero-order chi connectivity index (χ0) is 16.3. The van der Waals surface area contributed by atoms with Crippen molar-refractivity contribution in [1.29, 1.82) is 0 Å². The number of carbonyl (C=O) groups is 1. The highest BCUT2D eigenvalue weighted by Gasteiger charge is 2.61. The minimum Gasteiger partial charge on any atom is -0.302 e. The van der Waals surface area contributed by atoms with E-state index in [1.165, 1.54) is 0 Å². The van der Waals surface area contributed by atoms with Crippen LogP contribution in [0.25, 0.3) is 0 Å². The molecule has 0 N–H and O–H groups in total. The van der Waals surface area contributed by atoms with Crippen molar-refractivity contribution < 1.29 is 13.2 Å². The summed E-state index contributed by atoms with van der Waals surface area (Å²) in [6, 6.07) is 0. The number of aliphatic imine (C=N–C) groups is 1. The Bertz CT molecular complexity index is 628. The first-order valence-electron chi connectivity index (χ1n) is 8.00. The largest absolute Gasteiger partial charge is 0.302 e. The summed E-state index contributed by atoms with van der Waals surface area (Å²) >= 11 is 0. The Hall–Kier alpha value is -0.950. The van der Waals surface area contributed by atoms with Crippen LogP contribution in [0.3, 0.4) is 0 Å². The van der Waals surface area contributed by atoms with Crippen LogP contribution < -0.4 is 0 Å². The topological polar surface area (TPSA) is 70.0 Å². The van der Waals surface area contributed by atoms with Gasteiger partial charge in [0.1, 0.15) is 11.4 Å². The number of amides is 1. The molecular weight excluding hydrogens is 302 g/mol. The van der Waals surface area contributed by atoms with E-state index in [9.17, 15) is 13.2 Å². The molecular formula is C15H25N3O3S. The zero-order valence-corrected chi connectivity index (χ0v) is 14.6. The smallest absolute Gasteiger partial charge is 0.255 e. The number of amidine groups is 1. The molecule has 1 aliphatic carbocycles. The average molecular weight is 327 g/mol. The third-order valence-corrected chi connectivity index (χ3v) is 7.55. The molecule has 0 aromatic carbocycles. The summed E-state index contributed by atoms with van der Waals surface area (Å²) in [5.41, 5.74) is -0.703. The molecule has 6 nitrogen and oxygen atoms in total. The number of carbonyl (C=O) groups excluding carboxylic acids is 1. The van der Waals surface area contributed by atoms with E-state index in [1.807, 2.05) is 20.8 Å². The van der Waals surface area contributed by atoms with Gasteiger partial charge in [-0.2, -0.15) is 0 Å². The normalized spacial score (nSPS) is 35.8. The molecule has 1 amide bonds. The van der Waals surface area contributed by atoms with Crippen molar-refractivity contribution in [2.24, 2.45) is 22.7 Å². The molecule has 1 saturated carbocycles. The van der Waals surface area contributed by atoms with Crippen molar-refractivity contribution in [3.05, 3.63) is 0 Å². The zero-order valence-electron chi connectivity index (χ0n) is 13.7. The summed E-state index contributed by atoms with van der Waals surface area (Å²) in [6.45, 7) is 6.67. The Morgan fingerprint density at radius 1 is 1.36 bits per heavy atom. The van der Waals surface area contributed by atoms with Gasteiger partial charge in [0.05, 0.1) is 5.75 Å². The molecule has 124 valence electrons. The average Bonchev–Trinajstić information content (AvgIpc) is 3.01. The fourth-order valence-corrected chi connectivity index (χ4v) is 6.12. The number of rotatable bonds is 3. The summed E-state index contributed by atoms with van der Waals surface area (Å²) in [5, 5.41) is 0. The van der Waals surface area contributed by atoms with Gasteiger partial charge in [0, 0.05) is 26.1 Å². The molecule has 3 rings (SSSR count). The first-order valence-corrected chi connectivity index (χ1v) is 9.61. The lowest BCUT2D eigenvalue weighted by molar-refractivity contribution is -0.131. The van der Waals surface area contributed by atoms with Crippen molar-refractivity contribution >= 4 is 21.8 Å². The number of sulfonamides is 1. The van der Waals surface area contributed by atoms with Crippen molar-refractivity contribution in [3.63, 3.8) is 0 Å². The van der Waals surface area contributed by atoms with Crippen molar-refractivity contribution in [2.45, 2.75) is 39.2 Å². The van der Waals surface area contributed by atoms with Crippen LogP contribution in [0.5, 0.6) is 0 Å². The standard InChI is InChI=1S/C15H25N3O3S/c1-10(2)9-22(20,21)18-7-12-5-6-15(13(12)8-18)14(19)17(4)11(3)16-15/h10,12-13H,5-9H2,1-4H3/t12-,13+,15-/m0/s1. The van der Waals surface area contributed by atoms with Crippen molar-refractivity contribution in [2.75, 3.05) is 25.9 Å². The Kier molecular flexibility index (Phi) is 3.64. The molecule has 3 aliphatic rings. The van der Waals surface area contributed by atoms with Crippen LogP contribution in [0, 0.1) is 17.8 Å². The minimum absolute atomic E-state index is 0.0295. The molecule has 0 aromatic heterocycles. The molecule has 1 saturated heterocycles. The molecule has 2 fully saturated rings. The third-order valence-electron chi connectivity index (χ3n) is 5.38. The van der Waals surface area contributed by atoms with Crippen LogP contribution in [0.15, 0.2) is 4.99 Å². The fraction of sp³-hybridized carbons (Fsp3) is 0.867. The summed E-state index contributed by atoms with van der Waals surface area (Å²) in [6.07, 6.45) is 1.63. The number of hydrogen-bond donors (Lipinski definition) is 0. The van der Waals surface area contributed by atoms with E-state index in [0.29, 0.717) is 13.1 Å². The van der Waals surface area contributed by atoms with Gasteiger partial charge in [0.25, 0.3) is 5.91 Å². The SMILES string of the molecule is CC1=N[C@]2(CC[C@H]3CN(S(=O)(=O)CC(C)C)C[C@H]32)C(=O)N1C. The number of likely N-dealkylation sites (N-methyl/N-ethyl adjacent to an activating group) is 1. The van der Waals surface area contributed by atoms with Gasteiger partial charge in [0.15, 0.2) is 0 Å². The quantitative estimate of drug-likeness (QED) is 0.775. The molecule has 7 heteroatoms. The molecule has 3 atom stereocenters. The second-order valence-corrected chi connectivity index (χ2v) is 9.36. The highest BCUT2D eigenvalue weighted by Crippen LogP contribution is 2.50.